The summed E-state index contributed by atoms with van der Waals surface area (Å²) in [5.41, 5.74) is 3.86. The van der Waals surface area contributed by atoms with E-state index >= 15 is 0 Å². The number of para-hydroxylation sites is 1. The summed E-state index contributed by atoms with van der Waals surface area (Å²) in [6, 6.07) is 22.0. The van der Waals surface area contributed by atoms with Crippen molar-refractivity contribution in [2.75, 3.05) is 10.6 Å². The van der Waals surface area contributed by atoms with Gasteiger partial charge in [-0.2, -0.15) is 0 Å². The molecule has 2 atom stereocenters. The van der Waals surface area contributed by atoms with Crippen LogP contribution in [0.1, 0.15) is 29.2 Å². The maximum absolute atomic E-state index is 13.2. The Morgan fingerprint density at radius 2 is 1.76 bits per heavy atom. The van der Waals surface area contributed by atoms with Gasteiger partial charge in [-0.25, -0.2) is 0 Å². The van der Waals surface area contributed by atoms with E-state index in [1.807, 2.05) is 62.4 Å². The number of hydrogen-bond donors (Lipinski definition) is 2. The molecule has 3 aromatic rings. The Bertz CT molecular complexity index is 1200. The molecule has 6 nitrogen and oxygen atoms in total. The fourth-order valence-corrected chi connectivity index (χ4v) is 4.62. The molecule has 0 fully saturated rings. The molecular formula is C26H24N2O4S. The topological polar surface area (TPSA) is 84.5 Å². The van der Waals surface area contributed by atoms with Crippen LogP contribution in [0.3, 0.4) is 0 Å². The highest BCUT2D eigenvalue weighted by molar-refractivity contribution is 8.01. The largest absolute Gasteiger partial charge is 0.447 e. The van der Waals surface area contributed by atoms with Crippen LogP contribution in [0.5, 0.6) is 0 Å². The molecule has 168 valence electrons. The monoisotopic (exact) mass is 460 g/mol. The summed E-state index contributed by atoms with van der Waals surface area (Å²) in [5.74, 6) is -1.33. The van der Waals surface area contributed by atoms with Crippen LogP contribution < -0.4 is 10.6 Å². The normalized spacial score (nSPS) is 15.7. The average molecular weight is 461 g/mol. The van der Waals surface area contributed by atoms with Crippen LogP contribution in [-0.4, -0.2) is 23.0 Å². The van der Waals surface area contributed by atoms with Crippen molar-refractivity contribution in [3.05, 3.63) is 89.5 Å². The summed E-state index contributed by atoms with van der Waals surface area (Å²) >= 11 is 1.32. The molecule has 1 aliphatic rings. The molecule has 0 saturated carbocycles. The van der Waals surface area contributed by atoms with Gasteiger partial charge in [0, 0.05) is 16.1 Å². The molecule has 7 heteroatoms. The number of nitrogens with one attached hydrogen (secondary N) is 2. The van der Waals surface area contributed by atoms with Crippen molar-refractivity contribution in [2.24, 2.45) is 0 Å². The summed E-state index contributed by atoms with van der Waals surface area (Å²) in [6.07, 6.45) is -1.28. The van der Waals surface area contributed by atoms with Crippen LogP contribution in [0.4, 0.5) is 11.4 Å². The van der Waals surface area contributed by atoms with E-state index in [-0.39, 0.29) is 12.3 Å². The van der Waals surface area contributed by atoms with Crippen molar-refractivity contribution in [2.45, 2.75) is 36.5 Å². The number of carbonyl (C=O) groups excluding carboxylic acids is 3. The lowest BCUT2D eigenvalue weighted by Crippen LogP contribution is -2.33. The molecule has 1 aliphatic heterocycles. The Hall–Kier alpha value is -3.58. The second-order valence-electron chi connectivity index (χ2n) is 7.88. The van der Waals surface area contributed by atoms with E-state index in [4.69, 9.17) is 4.74 Å². The Labute approximate surface area is 196 Å². The molecule has 1 heterocycles. The molecule has 2 N–H and O–H groups in total. The zero-order valence-corrected chi connectivity index (χ0v) is 19.1. The molecule has 3 aromatic carbocycles. The van der Waals surface area contributed by atoms with Crippen LogP contribution in [0.2, 0.25) is 0 Å². The maximum atomic E-state index is 13.2. The first kappa shape index (κ1) is 22.6. The highest BCUT2D eigenvalue weighted by atomic mass is 32.2. The molecule has 0 aliphatic carbocycles. The van der Waals surface area contributed by atoms with Crippen molar-refractivity contribution in [1.29, 1.82) is 0 Å². The van der Waals surface area contributed by atoms with E-state index in [9.17, 15) is 14.4 Å². The fraction of sp³-hybridized carbons (Fsp3) is 0.192. The van der Waals surface area contributed by atoms with E-state index in [0.717, 1.165) is 21.7 Å². The maximum Gasteiger partial charge on any atom is 0.308 e. The third-order valence-electron chi connectivity index (χ3n) is 5.30. The van der Waals surface area contributed by atoms with Gasteiger partial charge in [0.2, 0.25) is 12.0 Å². The second kappa shape index (κ2) is 9.92. The lowest BCUT2D eigenvalue weighted by Gasteiger charge is -2.24. The predicted molar refractivity (Wildman–Crippen MR) is 129 cm³/mol. The lowest BCUT2D eigenvalue weighted by atomic mass is 10.1. The second-order valence-corrected chi connectivity index (χ2v) is 9.13. The summed E-state index contributed by atoms with van der Waals surface area (Å²) in [7, 11) is 0. The van der Waals surface area contributed by atoms with Crippen molar-refractivity contribution < 1.29 is 19.1 Å². The van der Waals surface area contributed by atoms with Gasteiger partial charge in [0.15, 0.2) is 0 Å². The van der Waals surface area contributed by atoms with Gasteiger partial charge < -0.3 is 15.4 Å². The number of anilines is 2. The van der Waals surface area contributed by atoms with Crippen molar-refractivity contribution in [3.8, 4) is 0 Å². The minimum Gasteiger partial charge on any atom is -0.447 e. The number of rotatable bonds is 6. The molecular weight excluding hydrogens is 436 g/mol. The molecule has 4 rings (SSSR count). The number of fused-ring (bicyclic) bond motifs is 1. The zero-order valence-electron chi connectivity index (χ0n) is 18.3. The van der Waals surface area contributed by atoms with Crippen LogP contribution in [-0.2, 0) is 19.1 Å². The van der Waals surface area contributed by atoms with E-state index in [0.29, 0.717) is 11.3 Å². The Balaban J connectivity index is 1.50. The first-order chi connectivity index (χ1) is 15.9. The number of amides is 2. The van der Waals surface area contributed by atoms with Crippen molar-refractivity contribution in [3.63, 3.8) is 0 Å². The first-order valence-corrected chi connectivity index (χ1v) is 11.5. The number of thioether (sulfide) groups is 1. The van der Waals surface area contributed by atoms with E-state index in [1.54, 1.807) is 24.3 Å². The predicted octanol–water partition coefficient (Wildman–Crippen LogP) is 5.03. The third kappa shape index (κ3) is 5.43. The Kier molecular flexibility index (Phi) is 6.79. The highest BCUT2D eigenvalue weighted by Crippen LogP contribution is 2.37. The Morgan fingerprint density at radius 3 is 2.55 bits per heavy atom. The van der Waals surface area contributed by atoms with Gasteiger partial charge in [-0.05, 0) is 43.2 Å². The number of aryl methyl sites for hydroxylation is 2. The summed E-state index contributed by atoms with van der Waals surface area (Å²) in [6.45, 7) is 3.84. The zero-order chi connectivity index (χ0) is 23.4. The summed E-state index contributed by atoms with van der Waals surface area (Å²) in [4.78, 5) is 39.4. The fourth-order valence-electron chi connectivity index (χ4n) is 3.53. The number of carbonyl (C=O) groups is 3. The smallest absolute Gasteiger partial charge is 0.308 e. The molecule has 2 unspecified atom stereocenters. The number of esters is 1. The summed E-state index contributed by atoms with van der Waals surface area (Å²) in [5, 5.41) is 5.07. The van der Waals surface area contributed by atoms with Gasteiger partial charge in [0.25, 0.3) is 5.91 Å². The SMILES string of the molecule is Cc1ccc(C)c(NC(=O)C(OC(=O)CC2Sc3ccccc3NC2=O)c2ccccc2)c1. The molecule has 2 amide bonds. The van der Waals surface area contributed by atoms with E-state index in [1.165, 1.54) is 11.8 Å². The molecule has 33 heavy (non-hydrogen) atoms. The van der Waals surface area contributed by atoms with Crippen molar-refractivity contribution >= 4 is 40.9 Å². The van der Waals surface area contributed by atoms with Gasteiger partial charge >= 0.3 is 5.97 Å². The average Bonchev–Trinajstić information content (AvgIpc) is 2.81. The van der Waals surface area contributed by atoms with Gasteiger partial charge in [-0.1, -0.05) is 54.6 Å². The minimum absolute atomic E-state index is 0.148. The quantitative estimate of drug-likeness (QED) is 0.504. The lowest BCUT2D eigenvalue weighted by molar-refractivity contribution is -0.155. The van der Waals surface area contributed by atoms with Crippen LogP contribution in [0, 0.1) is 13.8 Å². The van der Waals surface area contributed by atoms with Gasteiger partial charge in [0.1, 0.15) is 0 Å². The van der Waals surface area contributed by atoms with Gasteiger partial charge in [-0.3, -0.25) is 14.4 Å². The van der Waals surface area contributed by atoms with Gasteiger partial charge in [0.05, 0.1) is 17.4 Å². The summed E-state index contributed by atoms with van der Waals surface area (Å²) < 4.78 is 5.64. The number of ether oxygens (including phenoxy) is 1. The molecule has 0 radical (unpaired) electrons. The molecule has 0 saturated heterocycles. The van der Waals surface area contributed by atoms with Crippen LogP contribution in [0.25, 0.3) is 0 Å². The van der Waals surface area contributed by atoms with E-state index < -0.39 is 23.2 Å². The number of benzene rings is 3. The highest BCUT2D eigenvalue weighted by Gasteiger charge is 2.32. The standard InChI is InChI=1S/C26H24N2O4S/c1-16-12-13-17(2)20(14-16)28-26(31)24(18-8-4-3-5-9-18)32-23(29)15-22-25(30)27-19-10-6-7-11-21(19)33-22/h3-14,22,24H,15H2,1-2H3,(H,27,30)(H,28,31). The van der Waals surface area contributed by atoms with Crippen molar-refractivity contribution in [1.82, 2.24) is 0 Å². The van der Waals surface area contributed by atoms with Crippen LogP contribution >= 0.6 is 11.8 Å². The third-order valence-corrected chi connectivity index (χ3v) is 6.57. The molecule has 0 bridgehead atoms. The first-order valence-electron chi connectivity index (χ1n) is 10.6. The minimum atomic E-state index is -1.14. The van der Waals surface area contributed by atoms with Gasteiger partial charge in [-0.15, -0.1) is 11.8 Å². The molecule has 0 spiro atoms. The number of hydrogen-bond acceptors (Lipinski definition) is 5. The Morgan fingerprint density at radius 1 is 1.03 bits per heavy atom. The molecule has 0 aromatic heterocycles. The van der Waals surface area contributed by atoms with E-state index in [2.05, 4.69) is 10.6 Å². The van der Waals surface area contributed by atoms with Crippen LogP contribution in [0.15, 0.2) is 77.7 Å².